The fourth-order valence-electron chi connectivity index (χ4n) is 1.38. The summed E-state index contributed by atoms with van der Waals surface area (Å²) in [5.41, 5.74) is 3.23. The van der Waals surface area contributed by atoms with Gasteiger partial charge in [0.25, 0.3) is 0 Å². The number of fused-ring (bicyclic) bond motifs is 1. The summed E-state index contributed by atoms with van der Waals surface area (Å²) >= 11 is 0. The van der Waals surface area contributed by atoms with Crippen LogP contribution < -0.4 is 0 Å². The highest BCUT2D eigenvalue weighted by atomic mass is 16.3. The highest BCUT2D eigenvalue weighted by Crippen LogP contribution is 2.23. The van der Waals surface area contributed by atoms with Crippen molar-refractivity contribution in [2.75, 3.05) is 0 Å². The molecule has 12 heavy (non-hydrogen) atoms. The summed E-state index contributed by atoms with van der Waals surface area (Å²) in [5, 5.41) is 1.17. The lowest BCUT2D eigenvalue weighted by Crippen LogP contribution is -1.76. The molecule has 0 saturated carbocycles. The molecule has 0 amide bonds. The maximum Gasteiger partial charge on any atom is 0.141 e. The molecule has 2 rings (SSSR count). The van der Waals surface area contributed by atoms with Crippen LogP contribution in [0.15, 0.2) is 35.5 Å². The smallest absolute Gasteiger partial charge is 0.141 e. The molecule has 1 aromatic carbocycles. The highest BCUT2D eigenvalue weighted by molar-refractivity contribution is 5.88. The van der Waals surface area contributed by atoms with Gasteiger partial charge < -0.3 is 4.42 Å². The van der Waals surface area contributed by atoms with Crippen LogP contribution in [0.2, 0.25) is 0 Å². The van der Waals surface area contributed by atoms with Gasteiger partial charge in [-0.2, -0.15) is 0 Å². The van der Waals surface area contributed by atoms with Gasteiger partial charge in [0.1, 0.15) is 5.58 Å². The maximum atomic E-state index is 5.35. The predicted molar refractivity (Wildman–Crippen MR) is 51.0 cm³/mol. The highest BCUT2D eigenvalue weighted by Gasteiger charge is 2.02. The van der Waals surface area contributed by atoms with E-state index in [4.69, 9.17) is 4.42 Å². The average molecular weight is 158 g/mol. The van der Waals surface area contributed by atoms with E-state index in [1.54, 1.807) is 6.26 Å². The number of aryl methyl sites for hydroxylation is 1. The molecule has 0 atom stereocenters. The van der Waals surface area contributed by atoms with Crippen molar-refractivity contribution in [2.24, 2.45) is 0 Å². The van der Waals surface area contributed by atoms with E-state index in [0.29, 0.717) is 0 Å². The topological polar surface area (TPSA) is 13.1 Å². The summed E-state index contributed by atoms with van der Waals surface area (Å²) < 4.78 is 5.35. The number of hydrogen-bond acceptors (Lipinski definition) is 1. The summed E-state index contributed by atoms with van der Waals surface area (Å²) in [4.78, 5) is 0. The first kappa shape index (κ1) is 7.17. The van der Waals surface area contributed by atoms with E-state index < -0.39 is 0 Å². The van der Waals surface area contributed by atoms with E-state index in [9.17, 15) is 0 Å². The lowest BCUT2D eigenvalue weighted by atomic mass is 10.1. The van der Waals surface area contributed by atoms with Gasteiger partial charge in [-0.3, -0.25) is 0 Å². The van der Waals surface area contributed by atoms with Crippen molar-refractivity contribution in [1.29, 1.82) is 0 Å². The SMILES string of the molecule is C=Cc1ccc(C)c2ccoc12. The quantitative estimate of drug-likeness (QED) is 0.620. The molecule has 1 nitrogen and oxygen atoms in total. The molecule has 0 aliphatic rings. The van der Waals surface area contributed by atoms with Gasteiger partial charge in [-0.15, -0.1) is 0 Å². The van der Waals surface area contributed by atoms with Crippen LogP contribution in [-0.4, -0.2) is 0 Å². The van der Waals surface area contributed by atoms with Gasteiger partial charge in [0, 0.05) is 10.9 Å². The normalized spacial score (nSPS) is 10.4. The Kier molecular flexibility index (Phi) is 1.51. The predicted octanol–water partition coefficient (Wildman–Crippen LogP) is 3.38. The number of hydrogen-bond donors (Lipinski definition) is 0. The Bertz CT molecular complexity index is 423. The van der Waals surface area contributed by atoms with Crippen LogP contribution in [0.25, 0.3) is 17.0 Å². The maximum absolute atomic E-state index is 5.35. The molecule has 0 bridgehead atoms. The molecular formula is C11H10O. The van der Waals surface area contributed by atoms with Crippen molar-refractivity contribution in [3.8, 4) is 0 Å². The molecule has 0 saturated heterocycles. The number of furan rings is 1. The first-order valence-corrected chi connectivity index (χ1v) is 3.92. The third kappa shape index (κ3) is 0.866. The summed E-state index contributed by atoms with van der Waals surface area (Å²) in [6, 6.07) is 6.08. The average Bonchev–Trinajstić information content (AvgIpc) is 2.54. The van der Waals surface area contributed by atoms with Crippen LogP contribution in [0.3, 0.4) is 0 Å². The van der Waals surface area contributed by atoms with E-state index >= 15 is 0 Å². The Morgan fingerprint density at radius 3 is 2.92 bits per heavy atom. The second-order valence-electron chi connectivity index (χ2n) is 2.84. The summed E-state index contributed by atoms with van der Waals surface area (Å²) in [6.45, 7) is 5.80. The molecule has 0 radical (unpaired) electrons. The summed E-state index contributed by atoms with van der Waals surface area (Å²) in [6.07, 6.45) is 3.52. The molecular weight excluding hydrogens is 148 g/mol. The lowest BCUT2D eigenvalue weighted by molar-refractivity contribution is 0.615. The van der Waals surface area contributed by atoms with Crippen LogP contribution in [-0.2, 0) is 0 Å². The third-order valence-electron chi connectivity index (χ3n) is 2.09. The monoisotopic (exact) mass is 158 g/mol. The minimum Gasteiger partial charge on any atom is -0.464 e. The molecule has 60 valence electrons. The van der Waals surface area contributed by atoms with E-state index in [0.717, 1.165) is 11.1 Å². The summed E-state index contributed by atoms with van der Waals surface area (Å²) in [5.74, 6) is 0. The van der Waals surface area contributed by atoms with Gasteiger partial charge in [0.2, 0.25) is 0 Å². The van der Waals surface area contributed by atoms with Gasteiger partial charge in [0.15, 0.2) is 0 Å². The first-order chi connectivity index (χ1) is 5.83. The van der Waals surface area contributed by atoms with Crippen molar-refractivity contribution in [2.45, 2.75) is 6.92 Å². The van der Waals surface area contributed by atoms with Gasteiger partial charge >= 0.3 is 0 Å². The second-order valence-corrected chi connectivity index (χ2v) is 2.84. The minimum absolute atomic E-state index is 0.935. The molecule has 0 fully saturated rings. The Balaban J connectivity index is 2.91. The fraction of sp³-hybridized carbons (Fsp3) is 0.0909. The van der Waals surface area contributed by atoms with Crippen molar-refractivity contribution < 1.29 is 4.42 Å². The van der Waals surface area contributed by atoms with Crippen LogP contribution in [0.4, 0.5) is 0 Å². The fourth-order valence-corrected chi connectivity index (χ4v) is 1.38. The van der Waals surface area contributed by atoms with Crippen LogP contribution in [0.1, 0.15) is 11.1 Å². The zero-order valence-electron chi connectivity index (χ0n) is 7.00. The molecule has 0 N–H and O–H groups in total. The van der Waals surface area contributed by atoms with E-state index in [2.05, 4.69) is 19.6 Å². The van der Waals surface area contributed by atoms with Gasteiger partial charge in [-0.25, -0.2) is 0 Å². The lowest BCUT2D eigenvalue weighted by Gasteiger charge is -1.97. The standard InChI is InChI=1S/C11H10O/c1-3-9-5-4-8(2)10-6-7-12-11(9)10/h3-7H,1H2,2H3. The largest absolute Gasteiger partial charge is 0.464 e. The Labute approximate surface area is 71.3 Å². The Morgan fingerprint density at radius 1 is 1.33 bits per heavy atom. The van der Waals surface area contributed by atoms with Gasteiger partial charge in [-0.1, -0.05) is 24.8 Å². The Hall–Kier alpha value is -1.50. The van der Waals surface area contributed by atoms with Crippen LogP contribution in [0, 0.1) is 6.92 Å². The zero-order valence-corrected chi connectivity index (χ0v) is 7.00. The summed E-state index contributed by atoms with van der Waals surface area (Å²) in [7, 11) is 0. The van der Waals surface area contributed by atoms with E-state index in [1.165, 1.54) is 10.9 Å². The third-order valence-corrected chi connectivity index (χ3v) is 2.09. The molecule has 1 heteroatoms. The van der Waals surface area contributed by atoms with Crippen LogP contribution in [0.5, 0.6) is 0 Å². The molecule has 0 unspecified atom stereocenters. The van der Waals surface area contributed by atoms with E-state index in [1.807, 2.05) is 18.2 Å². The van der Waals surface area contributed by atoms with Crippen molar-refractivity contribution in [1.82, 2.24) is 0 Å². The van der Waals surface area contributed by atoms with Crippen molar-refractivity contribution in [3.63, 3.8) is 0 Å². The van der Waals surface area contributed by atoms with Crippen molar-refractivity contribution >= 4 is 17.0 Å². The molecule has 0 spiro atoms. The zero-order chi connectivity index (χ0) is 8.55. The molecule has 2 aromatic rings. The van der Waals surface area contributed by atoms with Crippen molar-refractivity contribution in [3.05, 3.63) is 42.2 Å². The van der Waals surface area contributed by atoms with Crippen LogP contribution >= 0.6 is 0 Å². The molecule has 0 aliphatic heterocycles. The molecule has 1 aromatic heterocycles. The molecule has 1 heterocycles. The van der Waals surface area contributed by atoms with E-state index in [-0.39, 0.29) is 0 Å². The second kappa shape index (κ2) is 2.52. The Morgan fingerprint density at radius 2 is 2.17 bits per heavy atom. The molecule has 0 aliphatic carbocycles. The number of benzene rings is 1. The first-order valence-electron chi connectivity index (χ1n) is 3.92. The van der Waals surface area contributed by atoms with Gasteiger partial charge in [-0.05, 0) is 18.6 Å². The van der Waals surface area contributed by atoms with Gasteiger partial charge in [0.05, 0.1) is 6.26 Å². The number of rotatable bonds is 1. The minimum atomic E-state index is 0.935.